The van der Waals surface area contributed by atoms with Crippen LogP contribution in [0.4, 0.5) is 5.82 Å². The zero-order valence-electron chi connectivity index (χ0n) is 21.7. The van der Waals surface area contributed by atoms with Gasteiger partial charge in [0, 0.05) is 53.8 Å². The molecule has 1 amide bonds. The molecule has 1 aromatic carbocycles. The third-order valence-corrected chi connectivity index (χ3v) is 8.41. The van der Waals surface area contributed by atoms with E-state index in [2.05, 4.69) is 0 Å². The van der Waals surface area contributed by atoms with Crippen LogP contribution < -0.4 is 10.6 Å². The van der Waals surface area contributed by atoms with Gasteiger partial charge in [0.05, 0.1) is 17.5 Å². The fourth-order valence-corrected chi connectivity index (χ4v) is 6.59. The summed E-state index contributed by atoms with van der Waals surface area (Å²) >= 11 is 6.21. The number of halogens is 1. The summed E-state index contributed by atoms with van der Waals surface area (Å²) in [6.07, 6.45) is 5.68. The van der Waals surface area contributed by atoms with Gasteiger partial charge in [0.15, 0.2) is 15.5 Å². The molecule has 2 aromatic heterocycles. The third-order valence-electron chi connectivity index (χ3n) is 7.34. The SMILES string of the molecule is Cc1cn2nc([C@@H]3CCCCN3C(=O)c3cc(Cl)ccc3CS(C)(=O)=O)cc2nc1N1C[C@H](N)C[C@@H]1C(=O)O. The lowest BCUT2D eigenvalue weighted by Gasteiger charge is -2.35. The maximum absolute atomic E-state index is 13.8. The highest BCUT2D eigenvalue weighted by Crippen LogP contribution is 2.34. The van der Waals surface area contributed by atoms with Crippen molar-refractivity contribution < 1.29 is 23.1 Å². The van der Waals surface area contributed by atoms with Gasteiger partial charge in [0.2, 0.25) is 0 Å². The first kappa shape index (κ1) is 27.4. The number of hydrogen-bond acceptors (Lipinski definition) is 8. The Kier molecular flexibility index (Phi) is 7.29. The molecule has 39 heavy (non-hydrogen) atoms. The number of benzene rings is 1. The first-order valence-electron chi connectivity index (χ1n) is 12.8. The number of piperidine rings is 1. The second-order valence-corrected chi connectivity index (χ2v) is 13.1. The van der Waals surface area contributed by atoms with Gasteiger partial charge in [-0.1, -0.05) is 17.7 Å². The number of nitrogens with zero attached hydrogens (tertiary/aromatic N) is 5. The second kappa shape index (κ2) is 10.4. The Hall–Kier alpha value is -3.22. The van der Waals surface area contributed by atoms with Gasteiger partial charge < -0.3 is 20.6 Å². The zero-order valence-corrected chi connectivity index (χ0v) is 23.3. The molecule has 3 atom stereocenters. The van der Waals surface area contributed by atoms with Crippen LogP contribution in [0.15, 0.2) is 30.5 Å². The van der Waals surface area contributed by atoms with E-state index in [1.54, 1.807) is 32.6 Å². The second-order valence-electron chi connectivity index (χ2n) is 10.5. The smallest absolute Gasteiger partial charge is 0.326 e. The van der Waals surface area contributed by atoms with Crippen LogP contribution in [0.1, 0.15) is 58.9 Å². The summed E-state index contributed by atoms with van der Waals surface area (Å²) in [6, 6.07) is 5.17. The zero-order chi connectivity index (χ0) is 28.1. The van der Waals surface area contributed by atoms with Gasteiger partial charge in [-0.05, 0) is 50.3 Å². The number of amides is 1. The molecule has 3 N–H and O–H groups in total. The highest BCUT2D eigenvalue weighted by Gasteiger charge is 2.37. The number of fused-ring (bicyclic) bond motifs is 1. The van der Waals surface area contributed by atoms with E-state index in [0.717, 1.165) is 24.7 Å². The summed E-state index contributed by atoms with van der Waals surface area (Å²) in [5.41, 5.74) is 8.70. The van der Waals surface area contributed by atoms with E-state index in [1.807, 2.05) is 13.0 Å². The number of anilines is 1. The minimum atomic E-state index is -3.37. The molecule has 0 saturated carbocycles. The van der Waals surface area contributed by atoms with Gasteiger partial charge >= 0.3 is 5.97 Å². The number of aliphatic carboxylic acids is 1. The Balaban J connectivity index is 1.50. The number of likely N-dealkylation sites (tertiary alicyclic amines) is 1. The van der Waals surface area contributed by atoms with Crippen LogP contribution in [0.25, 0.3) is 5.65 Å². The average molecular weight is 575 g/mol. The van der Waals surface area contributed by atoms with Crippen molar-refractivity contribution in [2.24, 2.45) is 5.73 Å². The molecule has 2 fully saturated rings. The van der Waals surface area contributed by atoms with Gasteiger partial charge in [-0.25, -0.2) is 22.7 Å². The summed E-state index contributed by atoms with van der Waals surface area (Å²) in [7, 11) is -3.37. The number of carboxylic acids is 1. The fourth-order valence-electron chi connectivity index (χ4n) is 5.60. The lowest BCUT2D eigenvalue weighted by molar-refractivity contribution is -0.138. The fraction of sp³-hybridized carbons (Fsp3) is 0.462. The summed E-state index contributed by atoms with van der Waals surface area (Å²) in [4.78, 5) is 33.9. The van der Waals surface area contributed by atoms with Crippen LogP contribution in [0.5, 0.6) is 0 Å². The van der Waals surface area contributed by atoms with Crippen LogP contribution >= 0.6 is 11.6 Å². The number of aryl methyl sites for hydroxylation is 1. The Bertz CT molecular complexity index is 1560. The quantitative estimate of drug-likeness (QED) is 0.452. The molecule has 2 aliphatic rings. The van der Waals surface area contributed by atoms with E-state index in [4.69, 9.17) is 27.4 Å². The molecule has 0 radical (unpaired) electrons. The number of carbonyl (C=O) groups excluding carboxylic acids is 1. The molecule has 208 valence electrons. The topological polar surface area (TPSA) is 151 Å². The van der Waals surface area contributed by atoms with Crippen LogP contribution in [-0.4, -0.2) is 76.3 Å². The number of carboxylic acid groups (broad SMARTS) is 1. The highest BCUT2D eigenvalue weighted by molar-refractivity contribution is 7.89. The first-order chi connectivity index (χ1) is 18.4. The van der Waals surface area contributed by atoms with Crippen LogP contribution in [0.3, 0.4) is 0 Å². The maximum Gasteiger partial charge on any atom is 0.326 e. The van der Waals surface area contributed by atoms with Crippen molar-refractivity contribution in [3.8, 4) is 0 Å². The third kappa shape index (κ3) is 5.59. The average Bonchev–Trinajstić information content (AvgIpc) is 3.46. The largest absolute Gasteiger partial charge is 0.480 e. The van der Waals surface area contributed by atoms with Crippen molar-refractivity contribution in [1.29, 1.82) is 0 Å². The Morgan fingerprint density at radius 1 is 1.23 bits per heavy atom. The molecule has 2 saturated heterocycles. The maximum atomic E-state index is 13.8. The van der Waals surface area contributed by atoms with Crippen molar-refractivity contribution in [2.45, 2.75) is 56.5 Å². The van der Waals surface area contributed by atoms with Crippen molar-refractivity contribution >= 4 is 44.8 Å². The van der Waals surface area contributed by atoms with Gasteiger partial charge in [-0.15, -0.1) is 0 Å². The van der Waals surface area contributed by atoms with Crippen molar-refractivity contribution in [2.75, 3.05) is 24.2 Å². The van der Waals surface area contributed by atoms with Crippen molar-refractivity contribution in [3.05, 3.63) is 57.9 Å². The minimum Gasteiger partial charge on any atom is -0.480 e. The van der Waals surface area contributed by atoms with Gasteiger partial charge in [0.25, 0.3) is 5.91 Å². The molecule has 0 bridgehead atoms. The van der Waals surface area contributed by atoms with E-state index in [-0.39, 0.29) is 29.3 Å². The molecule has 2 aliphatic heterocycles. The lowest BCUT2D eigenvalue weighted by atomic mass is 9.97. The Labute approximate surface area is 231 Å². The van der Waals surface area contributed by atoms with Crippen LogP contribution in [0.2, 0.25) is 5.02 Å². The van der Waals surface area contributed by atoms with Gasteiger partial charge in [-0.2, -0.15) is 5.10 Å². The molecular formula is C26H31ClN6O5S. The number of sulfone groups is 1. The summed E-state index contributed by atoms with van der Waals surface area (Å²) in [5.74, 6) is -0.944. The molecule has 13 heteroatoms. The highest BCUT2D eigenvalue weighted by atomic mass is 35.5. The molecular weight excluding hydrogens is 544 g/mol. The van der Waals surface area contributed by atoms with E-state index >= 15 is 0 Å². The first-order valence-corrected chi connectivity index (χ1v) is 15.2. The lowest BCUT2D eigenvalue weighted by Crippen LogP contribution is -2.39. The molecule has 0 aliphatic carbocycles. The predicted molar refractivity (Wildman–Crippen MR) is 147 cm³/mol. The number of rotatable bonds is 6. The van der Waals surface area contributed by atoms with Crippen LogP contribution in [0, 0.1) is 6.92 Å². The number of carbonyl (C=O) groups is 2. The van der Waals surface area contributed by atoms with Gasteiger partial charge in [0.1, 0.15) is 11.9 Å². The van der Waals surface area contributed by atoms with E-state index < -0.39 is 21.8 Å². The van der Waals surface area contributed by atoms with E-state index in [9.17, 15) is 23.1 Å². The minimum absolute atomic E-state index is 0.259. The number of nitrogens with two attached hydrogens (primary N) is 1. The molecule has 11 nitrogen and oxygen atoms in total. The molecule has 5 rings (SSSR count). The van der Waals surface area contributed by atoms with Crippen molar-refractivity contribution in [3.63, 3.8) is 0 Å². The van der Waals surface area contributed by atoms with Gasteiger partial charge in [-0.3, -0.25) is 4.79 Å². The molecule has 3 aromatic rings. The van der Waals surface area contributed by atoms with Crippen molar-refractivity contribution in [1.82, 2.24) is 19.5 Å². The molecule has 0 spiro atoms. The van der Waals surface area contributed by atoms with E-state index in [0.29, 0.717) is 53.7 Å². The predicted octanol–water partition coefficient (Wildman–Crippen LogP) is 2.59. The summed E-state index contributed by atoms with van der Waals surface area (Å²) < 4.78 is 25.7. The van der Waals surface area contributed by atoms with E-state index in [1.165, 1.54) is 6.07 Å². The normalized spacial score (nSPS) is 22.0. The number of aromatic nitrogens is 3. The molecule has 0 unspecified atom stereocenters. The Morgan fingerprint density at radius 3 is 2.72 bits per heavy atom. The van der Waals surface area contributed by atoms with Crippen LogP contribution in [-0.2, 0) is 20.4 Å². The Morgan fingerprint density at radius 2 is 2.00 bits per heavy atom. The monoisotopic (exact) mass is 574 g/mol. The molecule has 4 heterocycles. The summed E-state index contributed by atoms with van der Waals surface area (Å²) in [6.45, 7) is 2.74. The summed E-state index contributed by atoms with van der Waals surface area (Å²) in [5, 5.41) is 14.8. The number of hydrogen-bond donors (Lipinski definition) is 2. The standard InChI is InChI=1S/C26H31ClN6O5S/c1-15-12-33-23(29-24(15)32-13-18(28)10-22(32)26(35)36)11-20(30-33)21-5-3-4-8-31(21)25(34)19-9-17(27)7-6-16(19)14-39(2,37)38/h6-7,9,11-12,18,21-22H,3-5,8,10,13-14,28H2,1-2H3,(H,35,36)/t18-,21+,22-/m1/s1.